The van der Waals surface area contributed by atoms with Gasteiger partial charge in [0.15, 0.2) is 0 Å². The first-order chi connectivity index (χ1) is 10.1. The summed E-state index contributed by atoms with van der Waals surface area (Å²) in [5, 5.41) is 3.15. The molecule has 0 spiro atoms. The topological polar surface area (TPSA) is 75.4 Å². The van der Waals surface area contributed by atoms with E-state index in [2.05, 4.69) is 5.32 Å². The largest absolute Gasteiger partial charge is 0.366 e. The van der Waals surface area contributed by atoms with E-state index in [1.54, 1.807) is 36.4 Å². The lowest BCUT2D eigenvalue weighted by Crippen LogP contribution is -2.28. The van der Waals surface area contributed by atoms with Crippen LogP contribution in [-0.2, 0) is 4.79 Å². The third-order valence-corrected chi connectivity index (χ3v) is 3.70. The highest BCUT2D eigenvalue weighted by Gasteiger charge is 2.24. The Bertz CT molecular complexity index is 537. The Morgan fingerprint density at radius 3 is 2.71 bits per heavy atom. The van der Waals surface area contributed by atoms with Crippen LogP contribution in [0.25, 0.3) is 6.08 Å². The molecule has 3 N–H and O–H groups in total. The molecule has 1 fully saturated rings. The molecule has 0 radical (unpaired) electrons. The number of carbonyl (C=O) groups excluding carboxylic acids is 2. The summed E-state index contributed by atoms with van der Waals surface area (Å²) in [6, 6.07) is 6.87. The van der Waals surface area contributed by atoms with Gasteiger partial charge in [-0.1, -0.05) is 12.1 Å². The van der Waals surface area contributed by atoms with E-state index < -0.39 is 5.91 Å². The standard InChI is InChI=1S/C16H21N3O2/c1-18-10-13-8-9-19(11-13)15(20)7-4-12-2-5-14(6-3-12)16(17)21/h2-7,13,18H,8-11H2,1H3,(H2,17,21)/b7-4+. The molecule has 0 aliphatic carbocycles. The highest BCUT2D eigenvalue weighted by atomic mass is 16.2. The van der Waals surface area contributed by atoms with Gasteiger partial charge in [-0.25, -0.2) is 0 Å². The van der Waals surface area contributed by atoms with Gasteiger partial charge in [-0.05, 0) is 49.7 Å². The number of hydrogen-bond donors (Lipinski definition) is 2. The summed E-state index contributed by atoms with van der Waals surface area (Å²) in [5.41, 5.74) is 6.52. The zero-order valence-electron chi connectivity index (χ0n) is 12.2. The van der Waals surface area contributed by atoms with Crippen molar-refractivity contribution in [2.75, 3.05) is 26.7 Å². The van der Waals surface area contributed by atoms with Gasteiger partial charge in [-0.15, -0.1) is 0 Å². The fraction of sp³-hybridized carbons (Fsp3) is 0.375. The first-order valence-electron chi connectivity index (χ1n) is 7.11. The number of nitrogens with zero attached hydrogens (tertiary/aromatic N) is 1. The van der Waals surface area contributed by atoms with E-state index in [1.807, 2.05) is 11.9 Å². The lowest BCUT2D eigenvalue weighted by molar-refractivity contribution is -0.125. The third-order valence-electron chi connectivity index (χ3n) is 3.70. The molecule has 112 valence electrons. The number of carbonyl (C=O) groups is 2. The molecule has 2 amide bonds. The normalized spacial score (nSPS) is 18.3. The minimum Gasteiger partial charge on any atom is -0.366 e. The second kappa shape index (κ2) is 7.04. The maximum absolute atomic E-state index is 12.1. The van der Waals surface area contributed by atoms with Gasteiger partial charge < -0.3 is 16.0 Å². The molecule has 0 saturated carbocycles. The Morgan fingerprint density at radius 1 is 1.38 bits per heavy atom. The molecule has 1 aliphatic heterocycles. The van der Waals surface area contributed by atoms with Crippen molar-refractivity contribution in [3.05, 3.63) is 41.5 Å². The van der Waals surface area contributed by atoms with Crippen molar-refractivity contribution in [2.24, 2.45) is 11.7 Å². The van der Waals surface area contributed by atoms with E-state index >= 15 is 0 Å². The number of nitrogens with one attached hydrogen (secondary N) is 1. The molecule has 0 bridgehead atoms. The van der Waals surface area contributed by atoms with Crippen LogP contribution in [0.1, 0.15) is 22.3 Å². The van der Waals surface area contributed by atoms with Crippen LogP contribution in [-0.4, -0.2) is 43.4 Å². The highest BCUT2D eigenvalue weighted by molar-refractivity contribution is 5.94. The second-order valence-corrected chi connectivity index (χ2v) is 5.32. The lowest BCUT2D eigenvalue weighted by Gasteiger charge is -2.14. The summed E-state index contributed by atoms with van der Waals surface area (Å²) in [7, 11) is 1.93. The van der Waals surface area contributed by atoms with Gasteiger partial charge in [0, 0.05) is 24.7 Å². The SMILES string of the molecule is CNCC1CCN(C(=O)/C=C/c2ccc(C(N)=O)cc2)C1. The molecule has 21 heavy (non-hydrogen) atoms. The fourth-order valence-electron chi connectivity index (χ4n) is 2.52. The molecule has 1 aromatic carbocycles. The van der Waals surface area contributed by atoms with Crippen molar-refractivity contribution in [2.45, 2.75) is 6.42 Å². The van der Waals surface area contributed by atoms with Crippen molar-refractivity contribution in [1.82, 2.24) is 10.2 Å². The van der Waals surface area contributed by atoms with Gasteiger partial charge in [0.1, 0.15) is 0 Å². The number of hydrogen-bond acceptors (Lipinski definition) is 3. The number of amides is 2. The fourth-order valence-corrected chi connectivity index (χ4v) is 2.52. The van der Waals surface area contributed by atoms with Gasteiger partial charge in [0.2, 0.25) is 11.8 Å². The summed E-state index contributed by atoms with van der Waals surface area (Å²) >= 11 is 0. The van der Waals surface area contributed by atoms with E-state index in [0.29, 0.717) is 11.5 Å². The predicted octanol–water partition coefficient (Wildman–Crippen LogP) is 0.867. The van der Waals surface area contributed by atoms with E-state index in [-0.39, 0.29) is 5.91 Å². The van der Waals surface area contributed by atoms with Crippen LogP contribution < -0.4 is 11.1 Å². The Morgan fingerprint density at radius 2 is 2.10 bits per heavy atom. The average molecular weight is 287 g/mol. The van der Waals surface area contributed by atoms with Crippen LogP contribution in [0.4, 0.5) is 0 Å². The summed E-state index contributed by atoms with van der Waals surface area (Å²) < 4.78 is 0. The first kappa shape index (κ1) is 15.3. The molecule has 5 heteroatoms. The molecule has 1 atom stereocenters. The number of rotatable bonds is 5. The summed E-state index contributed by atoms with van der Waals surface area (Å²) in [4.78, 5) is 24.9. The minimum absolute atomic E-state index is 0.0348. The Balaban J connectivity index is 1.91. The van der Waals surface area contributed by atoms with Crippen LogP contribution in [0.3, 0.4) is 0 Å². The minimum atomic E-state index is -0.450. The Hall–Kier alpha value is -2.14. The summed E-state index contributed by atoms with van der Waals surface area (Å²) in [6.45, 7) is 2.57. The Kier molecular flexibility index (Phi) is 5.11. The molecule has 1 saturated heterocycles. The van der Waals surface area contributed by atoms with Crippen molar-refractivity contribution in [3.8, 4) is 0 Å². The maximum atomic E-state index is 12.1. The van der Waals surface area contributed by atoms with Crippen LogP contribution in [0.15, 0.2) is 30.3 Å². The molecule has 2 rings (SSSR count). The van der Waals surface area contributed by atoms with E-state index in [9.17, 15) is 9.59 Å². The van der Waals surface area contributed by atoms with Crippen LogP contribution in [0.5, 0.6) is 0 Å². The Labute approximate surface area is 124 Å². The van der Waals surface area contributed by atoms with Gasteiger partial charge in [-0.2, -0.15) is 0 Å². The van der Waals surface area contributed by atoms with Crippen molar-refractivity contribution >= 4 is 17.9 Å². The van der Waals surface area contributed by atoms with Crippen molar-refractivity contribution in [3.63, 3.8) is 0 Å². The third kappa shape index (κ3) is 4.16. The van der Waals surface area contributed by atoms with Crippen LogP contribution in [0.2, 0.25) is 0 Å². The molecule has 5 nitrogen and oxygen atoms in total. The van der Waals surface area contributed by atoms with Gasteiger partial charge in [-0.3, -0.25) is 9.59 Å². The van der Waals surface area contributed by atoms with E-state index in [4.69, 9.17) is 5.73 Å². The molecule has 1 unspecified atom stereocenters. The smallest absolute Gasteiger partial charge is 0.248 e. The maximum Gasteiger partial charge on any atom is 0.248 e. The molecular weight excluding hydrogens is 266 g/mol. The molecule has 0 aromatic heterocycles. The number of benzene rings is 1. The lowest BCUT2D eigenvalue weighted by atomic mass is 10.1. The summed E-state index contributed by atoms with van der Waals surface area (Å²) in [5.74, 6) is 0.129. The predicted molar refractivity (Wildman–Crippen MR) is 82.6 cm³/mol. The average Bonchev–Trinajstić information content (AvgIpc) is 2.94. The van der Waals surface area contributed by atoms with Crippen molar-refractivity contribution in [1.29, 1.82) is 0 Å². The number of likely N-dealkylation sites (tertiary alicyclic amines) is 1. The van der Waals surface area contributed by atoms with Crippen LogP contribution >= 0.6 is 0 Å². The monoisotopic (exact) mass is 287 g/mol. The molecule has 1 heterocycles. The zero-order chi connectivity index (χ0) is 15.2. The van der Waals surface area contributed by atoms with E-state index in [1.165, 1.54) is 0 Å². The van der Waals surface area contributed by atoms with Crippen molar-refractivity contribution < 1.29 is 9.59 Å². The first-order valence-corrected chi connectivity index (χ1v) is 7.11. The summed E-state index contributed by atoms with van der Waals surface area (Å²) in [6.07, 6.45) is 4.40. The number of primary amides is 1. The highest BCUT2D eigenvalue weighted by Crippen LogP contribution is 2.16. The molecular formula is C16H21N3O2. The number of nitrogens with two attached hydrogens (primary N) is 1. The van der Waals surface area contributed by atoms with Gasteiger partial charge >= 0.3 is 0 Å². The van der Waals surface area contributed by atoms with E-state index in [0.717, 1.165) is 31.6 Å². The van der Waals surface area contributed by atoms with Gasteiger partial charge in [0.05, 0.1) is 0 Å². The molecule has 1 aromatic rings. The second-order valence-electron chi connectivity index (χ2n) is 5.32. The van der Waals surface area contributed by atoms with Gasteiger partial charge in [0.25, 0.3) is 0 Å². The zero-order valence-corrected chi connectivity index (χ0v) is 12.2. The molecule has 1 aliphatic rings. The quantitative estimate of drug-likeness (QED) is 0.789. The van der Waals surface area contributed by atoms with Crippen LogP contribution in [0, 0.1) is 5.92 Å².